The highest BCUT2D eigenvalue weighted by molar-refractivity contribution is 6.99. The van der Waals surface area contributed by atoms with E-state index in [4.69, 9.17) is 15.7 Å². The molecule has 0 saturated heterocycles. The smallest absolute Gasteiger partial charge is 0.261 e. The number of carbonyl (C=O) groups is 1. The lowest BCUT2D eigenvalue weighted by Crippen LogP contribution is -2.67. The topological polar surface area (TPSA) is 57.2 Å². The first-order valence-corrected chi connectivity index (χ1v) is 17.0. The molecule has 9 heteroatoms. The van der Waals surface area contributed by atoms with Crippen molar-refractivity contribution in [2.24, 2.45) is 0 Å². The minimum absolute atomic E-state index is 0.0495. The van der Waals surface area contributed by atoms with E-state index in [1.54, 1.807) is 36.6 Å². The van der Waals surface area contributed by atoms with E-state index in [0.29, 0.717) is 17.0 Å². The Bertz CT molecular complexity index is 1840. The van der Waals surface area contributed by atoms with Crippen molar-refractivity contribution in [3.8, 4) is 5.75 Å². The largest absolute Gasteiger partial charge is 0.485 e. The lowest BCUT2D eigenvalue weighted by molar-refractivity contribution is 0.0939. The number of rotatable bonds is 11. The van der Waals surface area contributed by atoms with Gasteiger partial charge in [-0.1, -0.05) is 87.5 Å². The SMILES string of the molecule is [C-]#[N+]C(C)(CO[Si](c1ccccc1)(c1ccccc1)C(C)(C)C)CC(=O)c1c(C)nc2c(OCc3c(F)cccc3F)cccn12. The quantitative estimate of drug-likeness (QED) is 0.0865. The van der Waals surface area contributed by atoms with Gasteiger partial charge in [0.1, 0.15) is 30.5 Å². The summed E-state index contributed by atoms with van der Waals surface area (Å²) in [6.45, 7) is 17.9. The van der Waals surface area contributed by atoms with Crippen molar-refractivity contribution in [1.82, 2.24) is 9.38 Å². The highest BCUT2D eigenvalue weighted by Crippen LogP contribution is 2.38. The number of nitrogens with zero attached hydrogens (tertiary/aromatic N) is 3. The van der Waals surface area contributed by atoms with E-state index in [0.717, 1.165) is 10.4 Å². The molecule has 0 N–H and O–H groups in total. The van der Waals surface area contributed by atoms with Crippen LogP contribution in [-0.4, -0.2) is 35.6 Å². The number of fused-ring (bicyclic) bond motifs is 1. The van der Waals surface area contributed by atoms with Gasteiger partial charge in [-0.25, -0.2) is 20.3 Å². The average Bonchev–Trinajstić information content (AvgIpc) is 3.38. The summed E-state index contributed by atoms with van der Waals surface area (Å²) >= 11 is 0. The second-order valence-corrected chi connectivity index (χ2v) is 17.1. The summed E-state index contributed by atoms with van der Waals surface area (Å²) in [6, 6.07) is 27.3. The number of imidazole rings is 1. The van der Waals surface area contributed by atoms with E-state index < -0.39 is 25.5 Å². The number of ether oxygens (including phenoxy) is 1. The summed E-state index contributed by atoms with van der Waals surface area (Å²) in [5.41, 5.74) is -0.251. The second kappa shape index (κ2) is 13.0. The van der Waals surface area contributed by atoms with E-state index in [-0.39, 0.29) is 41.8 Å². The number of Topliss-reactive ketones (excluding diaryl/α,β-unsaturated/α-hetero) is 1. The highest BCUT2D eigenvalue weighted by atomic mass is 28.4. The number of aryl methyl sites for hydroxylation is 1. The Labute approximate surface area is 269 Å². The normalized spacial score (nSPS) is 13.3. The minimum atomic E-state index is -2.94. The molecule has 0 radical (unpaired) electrons. The molecule has 1 unspecified atom stereocenters. The van der Waals surface area contributed by atoms with Gasteiger partial charge in [0.15, 0.2) is 17.2 Å². The summed E-state index contributed by atoms with van der Waals surface area (Å²) < 4.78 is 42.9. The van der Waals surface area contributed by atoms with Crippen LogP contribution in [0.1, 0.15) is 55.9 Å². The Morgan fingerprint density at radius 2 is 1.48 bits per heavy atom. The Morgan fingerprint density at radius 3 is 2.02 bits per heavy atom. The molecule has 0 saturated carbocycles. The molecular weight excluding hydrogens is 601 g/mol. The zero-order valence-electron chi connectivity index (χ0n) is 26.7. The first-order valence-electron chi connectivity index (χ1n) is 15.1. The Balaban J connectivity index is 1.44. The fourth-order valence-electron chi connectivity index (χ4n) is 6.00. The van der Waals surface area contributed by atoms with Crippen LogP contribution in [0.2, 0.25) is 5.04 Å². The number of pyridine rings is 1. The van der Waals surface area contributed by atoms with Crippen LogP contribution in [0.25, 0.3) is 10.5 Å². The summed E-state index contributed by atoms with van der Waals surface area (Å²) in [5.74, 6) is -1.41. The van der Waals surface area contributed by atoms with Crippen molar-refractivity contribution in [3.05, 3.63) is 137 Å². The van der Waals surface area contributed by atoms with Crippen LogP contribution in [0.15, 0.2) is 97.2 Å². The summed E-state index contributed by atoms with van der Waals surface area (Å²) in [5, 5.41) is 1.89. The van der Waals surface area contributed by atoms with Gasteiger partial charge in [-0.05, 0) is 46.6 Å². The minimum Gasteiger partial charge on any atom is -0.485 e. The van der Waals surface area contributed by atoms with Crippen LogP contribution in [0.5, 0.6) is 5.75 Å². The number of ketones is 1. The van der Waals surface area contributed by atoms with Crippen LogP contribution < -0.4 is 15.1 Å². The summed E-state index contributed by atoms with van der Waals surface area (Å²) in [4.78, 5) is 22.5. The number of hydrogen-bond donors (Lipinski definition) is 0. The molecule has 1 atom stereocenters. The molecule has 0 aliphatic carbocycles. The summed E-state index contributed by atoms with van der Waals surface area (Å²) in [6.07, 6.45) is 1.59. The van der Waals surface area contributed by atoms with Gasteiger partial charge < -0.3 is 14.0 Å². The van der Waals surface area contributed by atoms with Crippen molar-refractivity contribution in [3.63, 3.8) is 0 Å². The van der Waals surface area contributed by atoms with Crippen molar-refractivity contribution >= 4 is 30.1 Å². The van der Waals surface area contributed by atoms with Crippen molar-refractivity contribution in [2.75, 3.05) is 6.61 Å². The van der Waals surface area contributed by atoms with E-state index in [1.807, 2.05) is 36.4 Å². The number of benzene rings is 3. The van der Waals surface area contributed by atoms with Crippen molar-refractivity contribution < 1.29 is 22.7 Å². The maximum absolute atomic E-state index is 14.2. The molecule has 0 bridgehead atoms. The monoisotopic (exact) mass is 637 g/mol. The molecule has 0 amide bonds. The molecular formula is C37H37F2N3O3Si. The van der Waals surface area contributed by atoms with Gasteiger partial charge in [0.05, 0.1) is 17.7 Å². The molecule has 0 aliphatic heterocycles. The van der Waals surface area contributed by atoms with E-state index in [9.17, 15) is 13.6 Å². The average molecular weight is 638 g/mol. The van der Waals surface area contributed by atoms with Gasteiger partial charge in [0.2, 0.25) is 0 Å². The maximum Gasteiger partial charge on any atom is 0.261 e. The van der Waals surface area contributed by atoms with E-state index in [1.165, 1.54) is 18.2 Å². The molecule has 0 spiro atoms. The van der Waals surface area contributed by atoms with Crippen LogP contribution in [-0.2, 0) is 11.0 Å². The van der Waals surface area contributed by atoms with Gasteiger partial charge in [0.25, 0.3) is 13.9 Å². The molecule has 5 aromatic rings. The number of halogens is 2. The number of hydrogen-bond acceptors (Lipinski definition) is 4. The lowest BCUT2D eigenvalue weighted by Gasteiger charge is -2.43. The molecule has 46 heavy (non-hydrogen) atoms. The van der Waals surface area contributed by atoms with Crippen molar-refractivity contribution in [2.45, 2.75) is 58.2 Å². The lowest BCUT2D eigenvalue weighted by atomic mass is 9.95. The zero-order chi connectivity index (χ0) is 33.1. The van der Waals surface area contributed by atoms with Crippen LogP contribution >= 0.6 is 0 Å². The fraction of sp³-hybridized carbons (Fsp3) is 0.270. The Kier molecular flexibility index (Phi) is 9.24. The first kappa shape index (κ1) is 32.7. The molecule has 0 fully saturated rings. The third-order valence-electron chi connectivity index (χ3n) is 8.31. The summed E-state index contributed by atoms with van der Waals surface area (Å²) in [7, 11) is -2.94. The Morgan fingerprint density at radius 1 is 0.891 bits per heavy atom. The van der Waals surface area contributed by atoms with E-state index in [2.05, 4.69) is 54.9 Å². The molecule has 6 nitrogen and oxygen atoms in total. The van der Waals surface area contributed by atoms with Gasteiger partial charge in [-0.3, -0.25) is 9.20 Å². The predicted octanol–water partition coefficient (Wildman–Crippen LogP) is 7.33. The van der Waals surface area contributed by atoms with Crippen LogP contribution in [0, 0.1) is 25.1 Å². The number of carbonyl (C=O) groups excluding carboxylic acids is 1. The fourth-order valence-corrected chi connectivity index (χ4v) is 10.7. The zero-order valence-corrected chi connectivity index (χ0v) is 27.7. The standard InChI is InChI=1S/C37H37F2N3O3Si/c1-26-34(42-22-14-21-33(35(42)41-26)44-24-29-30(38)19-13-20-31(29)39)32(43)23-37(5,40-6)25-45-46(36(2,3)4,27-15-9-7-10-16-27)28-17-11-8-12-18-28/h7-22H,23-25H2,1-5H3. The van der Waals surface area contributed by atoms with Crippen LogP contribution in [0.4, 0.5) is 8.78 Å². The second-order valence-electron chi connectivity index (χ2n) is 12.8. The Hall–Kier alpha value is -4.65. The molecule has 2 aromatic heterocycles. The first-order chi connectivity index (χ1) is 21.9. The van der Waals surface area contributed by atoms with Gasteiger partial charge in [-0.15, -0.1) is 0 Å². The van der Waals surface area contributed by atoms with E-state index >= 15 is 0 Å². The highest BCUT2D eigenvalue weighted by Gasteiger charge is 2.52. The third kappa shape index (κ3) is 6.23. The van der Waals surface area contributed by atoms with Gasteiger partial charge >= 0.3 is 0 Å². The molecule has 236 valence electrons. The third-order valence-corrected chi connectivity index (χ3v) is 13.3. The van der Waals surface area contributed by atoms with Crippen LogP contribution in [0.3, 0.4) is 0 Å². The number of aromatic nitrogens is 2. The van der Waals surface area contributed by atoms with Gasteiger partial charge in [0, 0.05) is 13.1 Å². The maximum atomic E-state index is 14.2. The molecule has 5 rings (SSSR count). The van der Waals surface area contributed by atoms with Crippen molar-refractivity contribution in [1.29, 1.82) is 0 Å². The van der Waals surface area contributed by atoms with Gasteiger partial charge in [-0.2, -0.15) is 0 Å². The predicted molar refractivity (Wildman–Crippen MR) is 178 cm³/mol. The molecule has 0 aliphatic rings. The molecule has 2 heterocycles. The molecule has 3 aromatic carbocycles.